The maximum Gasteiger partial charge on any atom is 0.202 e. The number of ether oxygens (including phenoxy) is 1. The van der Waals surface area contributed by atoms with Crippen LogP contribution in [0.15, 0.2) is 6.07 Å². The van der Waals surface area contributed by atoms with Crippen LogP contribution in [0, 0.1) is 28.8 Å². The van der Waals surface area contributed by atoms with Gasteiger partial charge in [-0.15, -0.1) is 0 Å². The number of rotatable bonds is 2. The normalized spacial score (nSPS) is 9.64. The van der Waals surface area contributed by atoms with Crippen molar-refractivity contribution in [3.05, 3.63) is 29.1 Å². The summed E-state index contributed by atoms with van der Waals surface area (Å²) in [5.41, 5.74) is -0.620. The molecule has 1 aromatic rings. The van der Waals surface area contributed by atoms with Gasteiger partial charge in [-0.05, 0) is 6.92 Å². The second-order valence-electron chi connectivity index (χ2n) is 2.40. The van der Waals surface area contributed by atoms with Crippen LogP contribution in [0.1, 0.15) is 12.5 Å². The van der Waals surface area contributed by atoms with E-state index >= 15 is 0 Å². The first-order chi connectivity index (χ1) is 6.61. The van der Waals surface area contributed by atoms with Gasteiger partial charge < -0.3 is 4.74 Å². The molecule has 0 heterocycles. The smallest absolute Gasteiger partial charge is 0.202 e. The average Bonchev–Trinajstić information content (AvgIpc) is 2.14. The first-order valence-electron chi connectivity index (χ1n) is 3.82. The molecule has 0 aliphatic carbocycles. The first-order valence-corrected chi connectivity index (χ1v) is 3.82. The Morgan fingerprint density at radius 1 is 1.36 bits per heavy atom. The van der Waals surface area contributed by atoms with Crippen LogP contribution in [0.4, 0.5) is 13.2 Å². The molecule has 0 fully saturated rings. The molecule has 0 unspecified atom stereocenters. The zero-order chi connectivity index (χ0) is 10.7. The Labute approximate surface area is 78.5 Å². The molecular weight excluding hydrogens is 195 g/mol. The maximum absolute atomic E-state index is 13.0. The third-order valence-electron chi connectivity index (χ3n) is 1.53. The number of halogens is 3. The van der Waals surface area contributed by atoms with Crippen LogP contribution in [0.5, 0.6) is 5.75 Å². The van der Waals surface area contributed by atoms with Crippen LogP contribution < -0.4 is 4.74 Å². The zero-order valence-electron chi connectivity index (χ0n) is 7.27. The lowest BCUT2D eigenvalue weighted by atomic mass is 10.2. The number of hydrogen-bond donors (Lipinski definition) is 0. The van der Waals surface area contributed by atoms with Crippen LogP contribution in [-0.2, 0) is 0 Å². The Balaban J connectivity index is 3.42. The van der Waals surface area contributed by atoms with E-state index in [0.717, 1.165) is 0 Å². The van der Waals surface area contributed by atoms with Gasteiger partial charge in [0.25, 0.3) is 0 Å². The van der Waals surface area contributed by atoms with Crippen molar-refractivity contribution in [1.82, 2.24) is 0 Å². The molecule has 0 radical (unpaired) electrons. The molecular formula is C9H6F3NO. The summed E-state index contributed by atoms with van der Waals surface area (Å²) in [5, 5.41) is 8.48. The zero-order valence-corrected chi connectivity index (χ0v) is 7.27. The van der Waals surface area contributed by atoms with Gasteiger partial charge in [-0.1, -0.05) is 0 Å². The monoisotopic (exact) mass is 201 g/mol. The summed E-state index contributed by atoms with van der Waals surface area (Å²) in [4.78, 5) is 0. The van der Waals surface area contributed by atoms with E-state index in [9.17, 15) is 13.2 Å². The second-order valence-corrected chi connectivity index (χ2v) is 2.40. The van der Waals surface area contributed by atoms with Crippen LogP contribution >= 0.6 is 0 Å². The third-order valence-corrected chi connectivity index (χ3v) is 1.53. The van der Waals surface area contributed by atoms with Crippen molar-refractivity contribution in [2.45, 2.75) is 6.92 Å². The summed E-state index contributed by atoms with van der Waals surface area (Å²) >= 11 is 0. The molecule has 0 amide bonds. The molecule has 0 aliphatic rings. The highest BCUT2D eigenvalue weighted by atomic mass is 19.2. The highest BCUT2D eigenvalue weighted by Crippen LogP contribution is 2.27. The number of nitrogens with zero attached hydrogens (tertiary/aromatic N) is 1. The topological polar surface area (TPSA) is 33.0 Å². The minimum Gasteiger partial charge on any atom is -0.489 e. The summed E-state index contributed by atoms with van der Waals surface area (Å²) in [6, 6.07) is 1.73. The third kappa shape index (κ3) is 1.64. The molecule has 1 aromatic carbocycles. The highest BCUT2D eigenvalue weighted by molar-refractivity contribution is 5.45. The molecule has 0 N–H and O–H groups in total. The molecule has 2 nitrogen and oxygen atoms in total. The second kappa shape index (κ2) is 4.01. The van der Waals surface area contributed by atoms with Crippen molar-refractivity contribution in [3.63, 3.8) is 0 Å². The van der Waals surface area contributed by atoms with Crippen molar-refractivity contribution < 1.29 is 17.9 Å². The molecule has 0 bridgehead atoms. The minimum atomic E-state index is -1.37. The Bertz CT molecular complexity index is 398. The van der Waals surface area contributed by atoms with E-state index in [4.69, 9.17) is 5.26 Å². The van der Waals surface area contributed by atoms with Gasteiger partial charge in [0, 0.05) is 6.07 Å². The summed E-state index contributed by atoms with van der Waals surface area (Å²) in [7, 11) is 0. The van der Waals surface area contributed by atoms with E-state index in [-0.39, 0.29) is 6.61 Å². The van der Waals surface area contributed by atoms with Crippen molar-refractivity contribution >= 4 is 0 Å². The molecule has 0 atom stereocenters. The molecule has 0 aromatic heterocycles. The molecule has 0 aliphatic heterocycles. The molecule has 14 heavy (non-hydrogen) atoms. The molecule has 0 saturated carbocycles. The number of nitriles is 1. The first kappa shape index (κ1) is 10.4. The predicted molar refractivity (Wildman–Crippen MR) is 42.2 cm³/mol. The quantitative estimate of drug-likeness (QED) is 0.688. The summed E-state index contributed by atoms with van der Waals surface area (Å²) in [5.74, 6) is -4.52. The molecule has 5 heteroatoms. The molecule has 74 valence electrons. The summed E-state index contributed by atoms with van der Waals surface area (Å²) < 4.78 is 43.2. The predicted octanol–water partition coefficient (Wildman–Crippen LogP) is 2.37. The van der Waals surface area contributed by atoms with Gasteiger partial charge in [-0.2, -0.15) is 9.65 Å². The van der Waals surface area contributed by atoms with Crippen LogP contribution in [0.25, 0.3) is 0 Å². The van der Waals surface area contributed by atoms with Gasteiger partial charge in [0.05, 0.1) is 6.61 Å². The van der Waals surface area contributed by atoms with E-state index in [2.05, 4.69) is 4.74 Å². The fraction of sp³-hybridized carbons (Fsp3) is 0.222. The Kier molecular flexibility index (Phi) is 2.97. The highest BCUT2D eigenvalue weighted by Gasteiger charge is 2.19. The van der Waals surface area contributed by atoms with Crippen LogP contribution in [0.3, 0.4) is 0 Å². The summed E-state index contributed by atoms with van der Waals surface area (Å²) in [6.45, 7) is 1.54. The van der Waals surface area contributed by atoms with E-state index in [1.54, 1.807) is 0 Å². The van der Waals surface area contributed by atoms with Gasteiger partial charge in [-0.3, -0.25) is 0 Å². The maximum atomic E-state index is 13.0. The van der Waals surface area contributed by atoms with Crippen molar-refractivity contribution in [2.24, 2.45) is 0 Å². The average molecular weight is 201 g/mol. The van der Waals surface area contributed by atoms with Crippen molar-refractivity contribution in [2.75, 3.05) is 6.61 Å². The Hall–Kier alpha value is -1.70. The SMILES string of the molecule is CCOc1c(F)c(F)cc(F)c1C#N. The fourth-order valence-corrected chi connectivity index (χ4v) is 0.957. The lowest BCUT2D eigenvalue weighted by molar-refractivity contribution is 0.309. The lowest BCUT2D eigenvalue weighted by Crippen LogP contribution is -2.02. The van der Waals surface area contributed by atoms with Crippen molar-refractivity contribution in [3.8, 4) is 11.8 Å². The molecule has 0 spiro atoms. The van der Waals surface area contributed by atoms with Crippen LogP contribution in [0.2, 0.25) is 0 Å². The molecule has 0 saturated heterocycles. The molecule has 1 rings (SSSR count). The van der Waals surface area contributed by atoms with E-state index < -0.39 is 28.8 Å². The largest absolute Gasteiger partial charge is 0.489 e. The van der Waals surface area contributed by atoms with Gasteiger partial charge in [0.2, 0.25) is 5.82 Å². The van der Waals surface area contributed by atoms with E-state index in [0.29, 0.717) is 6.07 Å². The van der Waals surface area contributed by atoms with Gasteiger partial charge >= 0.3 is 0 Å². The number of hydrogen-bond acceptors (Lipinski definition) is 2. The van der Waals surface area contributed by atoms with E-state index in [1.165, 1.54) is 13.0 Å². The van der Waals surface area contributed by atoms with Gasteiger partial charge in [0.1, 0.15) is 17.4 Å². The standard InChI is InChI=1S/C9H6F3NO/c1-2-14-9-5(4-13)6(10)3-7(11)8(9)12/h3H,2H2,1H3. The fourth-order valence-electron chi connectivity index (χ4n) is 0.957. The van der Waals surface area contributed by atoms with Gasteiger partial charge in [-0.25, -0.2) is 8.78 Å². The van der Waals surface area contributed by atoms with Crippen molar-refractivity contribution in [1.29, 1.82) is 5.26 Å². The number of benzene rings is 1. The lowest BCUT2D eigenvalue weighted by Gasteiger charge is -2.07. The van der Waals surface area contributed by atoms with Crippen LogP contribution in [-0.4, -0.2) is 6.61 Å². The van der Waals surface area contributed by atoms with E-state index in [1.807, 2.05) is 0 Å². The minimum absolute atomic E-state index is 0.0223. The summed E-state index contributed by atoms with van der Waals surface area (Å²) in [6.07, 6.45) is 0. The Morgan fingerprint density at radius 2 is 2.00 bits per heavy atom. The van der Waals surface area contributed by atoms with Gasteiger partial charge in [0.15, 0.2) is 11.6 Å². The Morgan fingerprint density at radius 3 is 2.50 bits per heavy atom.